The number of benzene rings is 1. The van der Waals surface area contributed by atoms with Gasteiger partial charge in [-0.3, -0.25) is 4.90 Å². The maximum atomic E-state index is 12.1. The Balaban J connectivity index is 1.73. The third kappa shape index (κ3) is 2.95. The fourth-order valence-corrected chi connectivity index (χ4v) is 2.36. The van der Waals surface area contributed by atoms with Crippen LogP contribution in [-0.4, -0.2) is 38.3 Å². The maximum Gasteiger partial charge on any atom is 0.410 e. The summed E-state index contributed by atoms with van der Waals surface area (Å²) in [5, 5.41) is 8.36. The van der Waals surface area contributed by atoms with E-state index >= 15 is 0 Å². The molecule has 1 aromatic carbocycles. The molecule has 0 radical (unpaired) electrons. The smallest absolute Gasteiger partial charge is 0.410 e. The van der Waals surface area contributed by atoms with Gasteiger partial charge in [-0.2, -0.15) is 0 Å². The largest absolute Gasteiger partial charge is 0.444 e. The van der Waals surface area contributed by atoms with Crippen molar-refractivity contribution in [2.75, 3.05) is 6.54 Å². The number of amides is 1. The van der Waals surface area contributed by atoms with E-state index in [1.165, 1.54) is 0 Å². The minimum absolute atomic E-state index is 0.0835. The van der Waals surface area contributed by atoms with Gasteiger partial charge in [0.25, 0.3) is 0 Å². The van der Waals surface area contributed by atoms with Crippen LogP contribution in [0.25, 0.3) is 11.4 Å². The quantitative estimate of drug-likeness (QED) is 0.924. The Kier molecular flexibility index (Phi) is 3.60. The lowest BCUT2D eigenvalue weighted by molar-refractivity contribution is -0.00731. The van der Waals surface area contributed by atoms with Gasteiger partial charge in [0.2, 0.25) is 0 Å². The molecule has 0 bridgehead atoms. The number of aromatic amines is 1. The van der Waals surface area contributed by atoms with Crippen LogP contribution in [-0.2, 0) is 4.74 Å². The van der Waals surface area contributed by atoms with Gasteiger partial charge in [0, 0.05) is 12.1 Å². The molecule has 22 heavy (non-hydrogen) atoms. The first-order valence-corrected chi connectivity index (χ1v) is 7.42. The number of nitrogens with zero attached hydrogens (tertiary/aromatic N) is 3. The van der Waals surface area contributed by atoms with Gasteiger partial charge in [0.15, 0.2) is 11.6 Å². The molecule has 1 aromatic heterocycles. The summed E-state index contributed by atoms with van der Waals surface area (Å²) < 4.78 is 5.41. The van der Waals surface area contributed by atoms with Crippen LogP contribution in [0.15, 0.2) is 30.3 Å². The van der Waals surface area contributed by atoms with Crippen molar-refractivity contribution in [1.82, 2.24) is 20.1 Å². The van der Waals surface area contributed by atoms with Crippen molar-refractivity contribution in [3.05, 3.63) is 36.2 Å². The predicted octanol–water partition coefficient (Wildman–Crippen LogP) is 3.15. The lowest BCUT2D eigenvalue weighted by Crippen LogP contribution is -2.47. The molecule has 3 rings (SSSR count). The summed E-state index contributed by atoms with van der Waals surface area (Å²) in [5.41, 5.74) is 0.484. The van der Waals surface area contributed by atoms with Crippen molar-refractivity contribution in [1.29, 1.82) is 0 Å². The molecule has 1 amide bonds. The number of hydrogen-bond donors (Lipinski definition) is 1. The highest BCUT2D eigenvalue weighted by atomic mass is 16.6. The van der Waals surface area contributed by atoms with E-state index in [1.54, 1.807) is 4.90 Å². The average Bonchev–Trinajstić information content (AvgIpc) is 2.85. The van der Waals surface area contributed by atoms with Crippen molar-refractivity contribution < 1.29 is 9.53 Å². The molecule has 116 valence electrons. The Bertz CT molecular complexity index is 660. The molecule has 6 heteroatoms. The summed E-state index contributed by atoms with van der Waals surface area (Å²) >= 11 is 0. The van der Waals surface area contributed by atoms with E-state index < -0.39 is 5.60 Å². The third-order valence-electron chi connectivity index (χ3n) is 3.51. The summed E-state index contributed by atoms with van der Waals surface area (Å²) in [6, 6.07) is 9.71. The molecule has 6 nitrogen and oxygen atoms in total. The van der Waals surface area contributed by atoms with Crippen molar-refractivity contribution in [2.45, 2.75) is 38.8 Å². The van der Waals surface area contributed by atoms with Gasteiger partial charge in [0.05, 0.1) is 6.04 Å². The number of aromatic nitrogens is 3. The van der Waals surface area contributed by atoms with Crippen molar-refractivity contribution >= 4 is 6.09 Å². The van der Waals surface area contributed by atoms with Crippen LogP contribution in [0.4, 0.5) is 4.79 Å². The monoisotopic (exact) mass is 300 g/mol. The molecule has 1 saturated heterocycles. The van der Waals surface area contributed by atoms with Crippen LogP contribution in [0.1, 0.15) is 39.1 Å². The average molecular weight is 300 g/mol. The Hall–Kier alpha value is -2.37. The van der Waals surface area contributed by atoms with Crippen molar-refractivity contribution in [2.24, 2.45) is 0 Å². The van der Waals surface area contributed by atoms with E-state index in [1.807, 2.05) is 51.1 Å². The summed E-state index contributed by atoms with van der Waals surface area (Å²) in [7, 11) is 0. The van der Waals surface area contributed by atoms with E-state index in [0.29, 0.717) is 18.2 Å². The van der Waals surface area contributed by atoms with Crippen LogP contribution in [0.5, 0.6) is 0 Å². The van der Waals surface area contributed by atoms with Gasteiger partial charge < -0.3 is 9.72 Å². The molecule has 1 atom stereocenters. The number of nitrogens with one attached hydrogen (secondary N) is 1. The lowest BCUT2D eigenvalue weighted by atomic mass is 10.0. The normalized spacial score (nSPS) is 18.0. The minimum atomic E-state index is -0.492. The van der Waals surface area contributed by atoms with E-state index in [2.05, 4.69) is 15.2 Å². The zero-order valence-electron chi connectivity index (χ0n) is 13.0. The number of carbonyl (C=O) groups excluding carboxylic acids is 1. The Morgan fingerprint density at radius 3 is 2.59 bits per heavy atom. The summed E-state index contributed by atoms with van der Waals surface area (Å²) in [6.07, 6.45) is 0.560. The molecule has 0 saturated carbocycles. The van der Waals surface area contributed by atoms with Crippen molar-refractivity contribution in [3.8, 4) is 11.4 Å². The van der Waals surface area contributed by atoms with Gasteiger partial charge in [-0.1, -0.05) is 30.3 Å². The number of rotatable bonds is 2. The van der Waals surface area contributed by atoms with E-state index in [9.17, 15) is 4.79 Å². The molecule has 1 aliphatic rings. The number of carbonyl (C=O) groups is 1. The number of ether oxygens (including phenoxy) is 1. The van der Waals surface area contributed by atoms with Gasteiger partial charge in [-0.25, -0.2) is 4.79 Å². The second-order valence-electron chi connectivity index (χ2n) is 6.40. The van der Waals surface area contributed by atoms with E-state index in [4.69, 9.17) is 4.74 Å². The number of hydrogen-bond acceptors (Lipinski definition) is 4. The zero-order valence-corrected chi connectivity index (χ0v) is 13.0. The molecule has 2 aromatic rings. The summed E-state index contributed by atoms with van der Waals surface area (Å²) in [5.74, 6) is 1.42. The van der Waals surface area contributed by atoms with Crippen LogP contribution in [0, 0.1) is 0 Å². The highest BCUT2D eigenvalue weighted by molar-refractivity contribution is 5.69. The Labute approximate surface area is 129 Å². The van der Waals surface area contributed by atoms with Gasteiger partial charge in [-0.15, -0.1) is 10.2 Å². The standard InChI is InChI=1S/C16H20N4O2/c1-16(2,3)22-15(21)20-10-9-12(20)14-17-13(18-19-14)11-7-5-4-6-8-11/h4-8,12H,9-10H2,1-3H3,(H,17,18,19). The van der Waals surface area contributed by atoms with Crippen LogP contribution in [0.2, 0.25) is 0 Å². The molecule has 1 N–H and O–H groups in total. The highest BCUT2D eigenvalue weighted by Crippen LogP contribution is 2.33. The summed E-state index contributed by atoms with van der Waals surface area (Å²) in [6.45, 7) is 6.27. The van der Waals surface area contributed by atoms with Gasteiger partial charge in [-0.05, 0) is 27.2 Å². The highest BCUT2D eigenvalue weighted by Gasteiger charge is 2.38. The molecule has 2 heterocycles. The Morgan fingerprint density at radius 1 is 1.27 bits per heavy atom. The van der Waals surface area contributed by atoms with Gasteiger partial charge >= 0.3 is 6.09 Å². The predicted molar refractivity (Wildman–Crippen MR) is 82.1 cm³/mol. The SMILES string of the molecule is CC(C)(C)OC(=O)N1CCC1c1nnc(-c2ccccc2)[nH]1. The van der Waals surface area contributed by atoms with Gasteiger partial charge in [0.1, 0.15) is 5.60 Å². The third-order valence-corrected chi connectivity index (χ3v) is 3.51. The Morgan fingerprint density at radius 2 is 2.00 bits per heavy atom. The van der Waals surface area contributed by atoms with Crippen LogP contribution < -0.4 is 0 Å². The van der Waals surface area contributed by atoms with Crippen LogP contribution >= 0.6 is 0 Å². The van der Waals surface area contributed by atoms with Crippen molar-refractivity contribution in [3.63, 3.8) is 0 Å². The molecule has 0 spiro atoms. The topological polar surface area (TPSA) is 71.1 Å². The first-order valence-electron chi connectivity index (χ1n) is 7.42. The fourth-order valence-electron chi connectivity index (χ4n) is 2.36. The first-order chi connectivity index (χ1) is 10.4. The lowest BCUT2D eigenvalue weighted by Gasteiger charge is -2.39. The minimum Gasteiger partial charge on any atom is -0.444 e. The maximum absolute atomic E-state index is 12.1. The number of likely N-dealkylation sites (tertiary alicyclic amines) is 1. The fraction of sp³-hybridized carbons (Fsp3) is 0.438. The van der Waals surface area contributed by atoms with E-state index in [0.717, 1.165) is 12.0 Å². The molecular weight excluding hydrogens is 280 g/mol. The molecule has 1 aliphatic heterocycles. The second-order valence-corrected chi connectivity index (χ2v) is 6.40. The molecular formula is C16H20N4O2. The molecule has 1 fully saturated rings. The second kappa shape index (κ2) is 5.44. The number of H-pyrrole nitrogens is 1. The van der Waals surface area contributed by atoms with Crippen LogP contribution in [0.3, 0.4) is 0 Å². The molecule has 0 aliphatic carbocycles. The first kappa shape index (κ1) is 14.6. The van der Waals surface area contributed by atoms with E-state index in [-0.39, 0.29) is 12.1 Å². The summed E-state index contributed by atoms with van der Waals surface area (Å²) in [4.78, 5) is 17.0. The molecule has 1 unspecified atom stereocenters. The zero-order chi connectivity index (χ0) is 15.7.